The molecule has 0 bridgehead atoms. The molecule has 1 aromatic heterocycles. The Morgan fingerprint density at radius 1 is 1.29 bits per heavy atom. The van der Waals surface area contributed by atoms with Gasteiger partial charge >= 0.3 is 0 Å². The molecular weight excluding hydrogens is 308 g/mol. The van der Waals surface area contributed by atoms with Gasteiger partial charge in [-0.05, 0) is 51.1 Å². The zero-order valence-corrected chi connectivity index (χ0v) is 13.6. The summed E-state index contributed by atoms with van der Waals surface area (Å²) in [4.78, 5) is 12.4. The quantitative estimate of drug-likeness (QED) is 0.835. The first kappa shape index (κ1) is 16.1. The van der Waals surface area contributed by atoms with Crippen molar-refractivity contribution < 1.29 is 14.9 Å². The van der Waals surface area contributed by atoms with Crippen LogP contribution in [0.3, 0.4) is 0 Å². The van der Waals surface area contributed by atoms with Crippen molar-refractivity contribution in [1.82, 2.24) is 4.57 Å². The van der Waals surface area contributed by atoms with Crippen LogP contribution in [-0.2, 0) is 0 Å². The van der Waals surface area contributed by atoms with E-state index in [0.717, 1.165) is 0 Å². The SMILES string of the molecule is CC1(C)Oc2ccc(C#N)cc2C(n2cccc(O)c2=O)C1(C)O. The van der Waals surface area contributed by atoms with Crippen molar-refractivity contribution in [2.45, 2.75) is 38.0 Å². The molecule has 2 aromatic rings. The first-order valence-corrected chi connectivity index (χ1v) is 7.54. The molecule has 2 N–H and O–H groups in total. The summed E-state index contributed by atoms with van der Waals surface area (Å²) < 4.78 is 7.20. The molecule has 2 unspecified atom stereocenters. The zero-order chi connectivity index (χ0) is 17.7. The minimum absolute atomic E-state index is 0.394. The van der Waals surface area contributed by atoms with E-state index in [1.165, 1.54) is 22.9 Å². The fourth-order valence-electron chi connectivity index (χ4n) is 3.06. The maximum Gasteiger partial charge on any atom is 0.293 e. The number of pyridine rings is 1. The summed E-state index contributed by atoms with van der Waals surface area (Å²) in [5.41, 5.74) is -2.17. The zero-order valence-electron chi connectivity index (χ0n) is 13.6. The van der Waals surface area contributed by atoms with E-state index in [2.05, 4.69) is 0 Å². The van der Waals surface area contributed by atoms with Crippen LogP contribution in [0, 0.1) is 11.3 Å². The maximum absolute atomic E-state index is 12.4. The first-order valence-electron chi connectivity index (χ1n) is 7.54. The van der Waals surface area contributed by atoms with E-state index < -0.39 is 28.6 Å². The third-order valence-electron chi connectivity index (χ3n) is 4.78. The first-order chi connectivity index (χ1) is 11.2. The Kier molecular flexibility index (Phi) is 3.43. The Bertz CT molecular complexity index is 906. The minimum Gasteiger partial charge on any atom is -0.503 e. The molecule has 3 rings (SSSR count). The molecule has 0 radical (unpaired) electrons. The fourth-order valence-corrected chi connectivity index (χ4v) is 3.06. The van der Waals surface area contributed by atoms with Crippen molar-refractivity contribution in [3.05, 3.63) is 58.0 Å². The predicted molar refractivity (Wildman–Crippen MR) is 87.0 cm³/mol. The van der Waals surface area contributed by atoms with Crippen molar-refractivity contribution in [3.63, 3.8) is 0 Å². The second kappa shape index (κ2) is 5.11. The summed E-state index contributed by atoms with van der Waals surface area (Å²) in [6, 6.07) is 8.94. The van der Waals surface area contributed by atoms with Gasteiger partial charge in [-0.2, -0.15) is 5.26 Å². The van der Waals surface area contributed by atoms with Crippen LogP contribution in [0.15, 0.2) is 41.3 Å². The second-order valence-electron chi connectivity index (χ2n) is 6.63. The van der Waals surface area contributed by atoms with Gasteiger partial charge in [0.15, 0.2) is 5.75 Å². The molecule has 0 saturated carbocycles. The Morgan fingerprint density at radius 3 is 2.67 bits per heavy atom. The molecule has 124 valence electrons. The van der Waals surface area contributed by atoms with Crippen LogP contribution in [0.4, 0.5) is 0 Å². The Labute approximate surface area is 139 Å². The molecule has 1 aliphatic rings. The van der Waals surface area contributed by atoms with Gasteiger partial charge in [0.05, 0.1) is 17.7 Å². The lowest BCUT2D eigenvalue weighted by Gasteiger charge is -2.49. The summed E-state index contributed by atoms with van der Waals surface area (Å²) in [5, 5.41) is 30.1. The molecule has 1 aromatic carbocycles. The Balaban J connectivity index is 2.35. The van der Waals surface area contributed by atoms with Crippen molar-refractivity contribution in [2.24, 2.45) is 0 Å². The largest absolute Gasteiger partial charge is 0.503 e. The normalized spacial score (nSPS) is 24.5. The molecule has 2 atom stereocenters. The molecular formula is C18H18N2O4. The number of aliphatic hydroxyl groups is 1. The van der Waals surface area contributed by atoms with Crippen LogP contribution in [-0.4, -0.2) is 26.0 Å². The second-order valence-corrected chi connectivity index (χ2v) is 6.63. The van der Waals surface area contributed by atoms with Gasteiger partial charge in [0.25, 0.3) is 5.56 Å². The number of ether oxygens (including phenoxy) is 1. The van der Waals surface area contributed by atoms with E-state index in [1.807, 2.05) is 6.07 Å². The molecule has 0 fully saturated rings. The van der Waals surface area contributed by atoms with Gasteiger partial charge in [-0.15, -0.1) is 0 Å². The number of nitriles is 1. The number of aromatic nitrogens is 1. The molecule has 24 heavy (non-hydrogen) atoms. The number of rotatable bonds is 1. The fraction of sp³-hybridized carbons (Fsp3) is 0.333. The van der Waals surface area contributed by atoms with Crippen molar-refractivity contribution in [3.8, 4) is 17.6 Å². The third kappa shape index (κ3) is 2.17. The summed E-state index contributed by atoms with van der Waals surface area (Å²) in [6.07, 6.45) is 1.51. The predicted octanol–water partition coefficient (Wildman–Crippen LogP) is 1.94. The lowest BCUT2D eigenvalue weighted by molar-refractivity contribution is -0.139. The minimum atomic E-state index is -1.47. The molecule has 0 spiro atoms. The lowest BCUT2D eigenvalue weighted by Crippen LogP contribution is -2.60. The lowest BCUT2D eigenvalue weighted by atomic mass is 9.75. The highest BCUT2D eigenvalue weighted by atomic mass is 16.5. The van der Waals surface area contributed by atoms with Gasteiger partial charge in [-0.1, -0.05) is 0 Å². The summed E-state index contributed by atoms with van der Waals surface area (Å²) in [6.45, 7) is 5.04. The van der Waals surface area contributed by atoms with E-state index >= 15 is 0 Å². The van der Waals surface area contributed by atoms with E-state index in [-0.39, 0.29) is 0 Å². The molecule has 0 aliphatic carbocycles. The van der Waals surface area contributed by atoms with Gasteiger partial charge in [0, 0.05) is 11.8 Å². The van der Waals surface area contributed by atoms with Gasteiger partial charge in [-0.25, -0.2) is 0 Å². The Morgan fingerprint density at radius 2 is 2.00 bits per heavy atom. The molecule has 0 amide bonds. The Hall–Kier alpha value is -2.78. The monoisotopic (exact) mass is 326 g/mol. The van der Waals surface area contributed by atoms with E-state index in [9.17, 15) is 15.0 Å². The molecule has 0 saturated heterocycles. The smallest absolute Gasteiger partial charge is 0.293 e. The van der Waals surface area contributed by atoms with Crippen LogP contribution < -0.4 is 10.3 Å². The standard InChI is InChI=1S/C18H18N2O4/c1-17(2)18(3,23)15(20-8-4-5-13(21)16(20)22)12-9-11(10-19)6-7-14(12)24-17/h4-9,15,21,23H,1-3H3. The van der Waals surface area contributed by atoms with Crippen molar-refractivity contribution >= 4 is 0 Å². The number of hydrogen-bond acceptors (Lipinski definition) is 5. The van der Waals surface area contributed by atoms with E-state index in [1.54, 1.807) is 39.0 Å². The van der Waals surface area contributed by atoms with Gasteiger partial charge in [-0.3, -0.25) is 4.79 Å². The summed E-state index contributed by atoms with van der Waals surface area (Å²) in [7, 11) is 0. The number of nitrogens with zero attached hydrogens (tertiary/aromatic N) is 2. The average molecular weight is 326 g/mol. The number of aromatic hydroxyl groups is 1. The van der Waals surface area contributed by atoms with E-state index in [4.69, 9.17) is 10.00 Å². The van der Waals surface area contributed by atoms with Crippen LogP contribution >= 0.6 is 0 Å². The van der Waals surface area contributed by atoms with Crippen LogP contribution in [0.1, 0.15) is 37.9 Å². The van der Waals surface area contributed by atoms with Crippen LogP contribution in [0.25, 0.3) is 0 Å². The number of fused-ring (bicyclic) bond motifs is 1. The molecule has 2 heterocycles. The molecule has 6 nitrogen and oxygen atoms in total. The topological polar surface area (TPSA) is 95.5 Å². The van der Waals surface area contributed by atoms with Gasteiger partial charge < -0.3 is 19.5 Å². The maximum atomic E-state index is 12.4. The number of benzene rings is 1. The van der Waals surface area contributed by atoms with Crippen molar-refractivity contribution in [1.29, 1.82) is 5.26 Å². The molecule has 6 heteroatoms. The summed E-state index contributed by atoms with van der Waals surface area (Å²) >= 11 is 0. The van der Waals surface area contributed by atoms with Crippen LogP contribution in [0.5, 0.6) is 11.5 Å². The number of hydrogen-bond donors (Lipinski definition) is 2. The van der Waals surface area contributed by atoms with Crippen LogP contribution in [0.2, 0.25) is 0 Å². The van der Waals surface area contributed by atoms with E-state index in [0.29, 0.717) is 16.9 Å². The highest BCUT2D eigenvalue weighted by Gasteiger charge is 2.53. The van der Waals surface area contributed by atoms with Gasteiger partial charge in [0.1, 0.15) is 17.0 Å². The summed E-state index contributed by atoms with van der Waals surface area (Å²) in [5.74, 6) is 0.0846. The highest BCUT2D eigenvalue weighted by Crippen LogP contribution is 2.47. The third-order valence-corrected chi connectivity index (χ3v) is 4.78. The van der Waals surface area contributed by atoms with Gasteiger partial charge in [0.2, 0.25) is 0 Å². The van der Waals surface area contributed by atoms with Crippen molar-refractivity contribution in [2.75, 3.05) is 0 Å². The molecule has 1 aliphatic heterocycles. The average Bonchev–Trinajstić information content (AvgIpc) is 2.51. The highest BCUT2D eigenvalue weighted by molar-refractivity contribution is 5.48.